The van der Waals surface area contributed by atoms with Crippen molar-refractivity contribution in [1.82, 2.24) is 4.57 Å². The van der Waals surface area contributed by atoms with E-state index in [0.29, 0.717) is 17.2 Å². The molecule has 0 saturated heterocycles. The van der Waals surface area contributed by atoms with Gasteiger partial charge in [-0.3, -0.25) is 0 Å². The second-order valence-electron chi connectivity index (χ2n) is 6.15. The molecule has 1 aliphatic carbocycles. The first-order valence-corrected chi connectivity index (χ1v) is 7.46. The number of aromatic nitrogens is 1. The van der Waals surface area contributed by atoms with Crippen LogP contribution in [0.25, 0.3) is 5.57 Å². The lowest BCUT2D eigenvalue weighted by atomic mass is 9.80. The summed E-state index contributed by atoms with van der Waals surface area (Å²) < 4.78 is 7.42. The first kappa shape index (κ1) is 12.7. The Balaban J connectivity index is 1.99. The largest absolute Gasteiger partial charge is 0.477 e. The van der Waals surface area contributed by atoms with Gasteiger partial charge in [-0.15, -0.1) is 0 Å². The molecule has 21 heavy (non-hydrogen) atoms. The summed E-state index contributed by atoms with van der Waals surface area (Å²) in [5.41, 5.74) is 3.92. The Kier molecular flexibility index (Phi) is 2.55. The molecule has 0 saturated carbocycles. The second-order valence-corrected chi connectivity index (χ2v) is 6.15. The summed E-state index contributed by atoms with van der Waals surface area (Å²) in [6.07, 6.45) is 3.72. The van der Waals surface area contributed by atoms with Crippen LogP contribution in [-0.2, 0) is 16.1 Å². The molecule has 1 N–H and O–H groups in total. The van der Waals surface area contributed by atoms with Gasteiger partial charge in [-0.05, 0) is 32.3 Å². The van der Waals surface area contributed by atoms with Crippen LogP contribution in [0.3, 0.4) is 0 Å². The van der Waals surface area contributed by atoms with Crippen molar-refractivity contribution >= 4 is 17.5 Å². The van der Waals surface area contributed by atoms with Crippen LogP contribution in [0.2, 0.25) is 0 Å². The molecule has 0 spiro atoms. The number of carbonyl (C=O) groups excluding carboxylic acids is 1. The molecule has 1 aromatic rings. The zero-order chi connectivity index (χ0) is 14.7. The van der Waals surface area contributed by atoms with Gasteiger partial charge in [0.25, 0.3) is 0 Å². The number of nitrogens with zero attached hydrogens (tertiary/aromatic N) is 1. The van der Waals surface area contributed by atoms with Gasteiger partial charge in [-0.2, -0.15) is 0 Å². The summed E-state index contributed by atoms with van der Waals surface area (Å²) in [4.78, 5) is 23.4. The van der Waals surface area contributed by atoms with Crippen molar-refractivity contribution in [3.8, 4) is 0 Å². The zero-order valence-corrected chi connectivity index (χ0v) is 11.9. The minimum absolute atomic E-state index is 0.189. The van der Waals surface area contributed by atoms with E-state index in [2.05, 4.69) is 0 Å². The molecule has 3 aliphatic rings. The fourth-order valence-electron chi connectivity index (χ4n) is 4.09. The van der Waals surface area contributed by atoms with E-state index in [9.17, 15) is 14.7 Å². The lowest BCUT2D eigenvalue weighted by Gasteiger charge is -2.28. The Bertz CT molecular complexity index is 697. The normalized spacial score (nSPS) is 27.0. The van der Waals surface area contributed by atoms with Gasteiger partial charge in [0.1, 0.15) is 11.8 Å². The van der Waals surface area contributed by atoms with Crippen LogP contribution in [0.1, 0.15) is 60.3 Å². The number of hydrogen-bond donors (Lipinski definition) is 1. The van der Waals surface area contributed by atoms with Gasteiger partial charge in [0.15, 0.2) is 0 Å². The number of carboxylic acid groups (broad SMARTS) is 1. The quantitative estimate of drug-likeness (QED) is 0.806. The Morgan fingerprint density at radius 2 is 2.24 bits per heavy atom. The van der Waals surface area contributed by atoms with Crippen molar-refractivity contribution in [3.05, 3.63) is 28.6 Å². The van der Waals surface area contributed by atoms with Gasteiger partial charge in [-0.1, -0.05) is 6.42 Å². The van der Waals surface area contributed by atoms with E-state index >= 15 is 0 Å². The second kappa shape index (κ2) is 4.23. The first-order valence-electron chi connectivity index (χ1n) is 7.46. The molecular formula is C16H17NO4. The maximum Gasteiger partial charge on any atom is 0.352 e. The molecule has 5 heteroatoms. The predicted octanol–water partition coefficient (Wildman–Crippen LogP) is 2.56. The van der Waals surface area contributed by atoms with Crippen molar-refractivity contribution < 1.29 is 19.4 Å². The standard InChI is InChI=1S/C16H17NO4/c1-8-13-10-7-11(15(18)19)17-5-3-2-4-9(14(10)17)6-12(13)21-16(8)20/h7,9,12H,2-6H2,1H3,(H,18,19). The summed E-state index contributed by atoms with van der Waals surface area (Å²) >= 11 is 0. The molecule has 3 heterocycles. The number of carboxylic acids is 1. The van der Waals surface area contributed by atoms with Gasteiger partial charge in [-0.25, -0.2) is 9.59 Å². The molecule has 1 aromatic heterocycles. The number of esters is 1. The minimum Gasteiger partial charge on any atom is -0.477 e. The van der Waals surface area contributed by atoms with E-state index in [1.807, 2.05) is 4.57 Å². The van der Waals surface area contributed by atoms with Crippen LogP contribution < -0.4 is 0 Å². The minimum atomic E-state index is -0.898. The van der Waals surface area contributed by atoms with Crippen molar-refractivity contribution in [3.63, 3.8) is 0 Å². The third kappa shape index (κ3) is 1.63. The van der Waals surface area contributed by atoms with Gasteiger partial charge >= 0.3 is 11.9 Å². The Hall–Kier alpha value is -2.04. The smallest absolute Gasteiger partial charge is 0.352 e. The third-order valence-corrected chi connectivity index (χ3v) is 5.00. The van der Waals surface area contributed by atoms with Crippen LogP contribution in [0.15, 0.2) is 11.6 Å². The van der Waals surface area contributed by atoms with E-state index in [4.69, 9.17) is 4.74 Å². The highest BCUT2D eigenvalue weighted by Crippen LogP contribution is 2.48. The molecule has 0 amide bonds. The SMILES string of the molecule is CC1=C2c3cc(C(=O)O)n4c3C(CCCC4)CC2OC1=O. The summed E-state index contributed by atoms with van der Waals surface area (Å²) in [6.45, 7) is 2.53. The number of ether oxygens (including phenoxy) is 1. The first-order chi connectivity index (χ1) is 10.1. The number of rotatable bonds is 1. The third-order valence-electron chi connectivity index (χ3n) is 5.00. The summed E-state index contributed by atoms with van der Waals surface area (Å²) in [7, 11) is 0. The van der Waals surface area contributed by atoms with Crippen molar-refractivity contribution in [1.29, 1.82) is 0 Å². The average Bonchev–Trinajstić information content (AvgIpc) is 2.85. The molecule has 0 aromatic carbocycles. The number of hydrogen-bond acceptors (Lipinski definition) is 3. The van der Waals surface area contributed by atoms with Crippen LogP contribution >= 0.6 is 0 Å². The molecule has 110 valence electrons. The molecular weight excluding hydrogens is 270 g/mol. The van der Waals surface area contributed by atoms with E-state index in [-0.39, 0.29) is 12.1 Å². The average molecular weight is 287 g/mol. The monoisotopic (exact) mass is 287 g/mol. The highest BCUT2D eigenvalue weighted by molar-refractivity contribution is 6.04. The van der Waals surface area contributed by atoms with Gasteiger partial charge in [0.05, 0.1) is 0 Å². The molecule has 5 nitrogen and oxygen atoms in total. The van der Waals surface area contributed by atoms with E-state index in [1.165, 1.54) is 0 Å². The maximum atomic E-state index is 11.9. The lowest BCUT2D eigenvalue weighted by molar-refractivity contribution is -0.139. The van der Waals surface area contributed by atoms with E-state index < -0.39 is 5.97 Å². The van der Waals surface area contributed by atoms with Crippen molar-refractivity contribution in [2.75, 3.05) is 0 Å². The predicted molar refractivity (Wildman–Crippen MR) is 75.1 cm³/mol. The zero-order valence-electron chi connectivity index (χ0n) is 11.9. The van der Waals surface area contributed by atoms with Crippen LogP contribution in [0.5, 0.6) is 0 Å². The number of carbonyl (C=O) groups is 2. The summed E-state index contributed by atoms with van der Waals surface area (Å²) in [6, 6.07) is 1.74. The maximum absolute atomic E-state index is 11.9. The molecule has 4 rings (SSSR count). The molecule has 2 aliphatic heterocycles. The van der Waals surface area contributed by atoms with Crippen molar-refractivity contribution in [2.45, 2.75) is 51.2 Å². The highest BCUT2D eigenvalue weighted by Gasteiger charge is 2.43. The topological polar surface area (TPSA) is 68.5 Å². The highest BCUT2D eigenvalue weighted by atomic mass is 16.5. The molecule has 0 fully saturated rings. The number of fused-ring (bicyclic) bond motifs is 2. The number of aromatic carboxylic acids is 1. The molecule has 0 radical (unpaired) electrons. The van der Waals surface area contributed by atoms with Gasteiger partial charge < -0.3 is 14.4 Å². The van der Waals surface area contributed by atoms with Crippen LogP contribution in [-0.4, -0.2) is 27.7 Å². The van der Waals surface area contributed by atoms with E-state index in [0.717, 1.165) is 49.1 Å². The molecule has 0 bridgehead atoms. The Morgan fingerprint density at radius 1 is 1.43 bits per heavy atom. The Labute approximate surface area is 122 Å². The lowest BCUT2D eigenvalue weighted by Crippen LogP contribution is -2.23. The van der Waals surface area contributed by atoms with Gasteiger partial charge in [0, 0.05) is 34.9 Å². The van der Waals surface area contributed by atoms with Crippen molar-refractivity contribution in [2.24, 2.45) is 0 Å². The molecule has 2 atom stereocenters. The molecule has 2 unspecified atom stereocenters. The fourth-order valence-corrected chi connectivity index (χ4v) is 4.09. The summed E-state index contributed by atoms with van der Waals surface area (Å²) in [5.74, 6) is -0.864. The Morgan fingerprint density at radius 3 is 3.00 bits per heavy atom. The fraction of sp³-hybridized carbons (Fsp3) is 0.500. The van der Waals surface area contributed by atoms with Crippen LogP contribution in [0.4, 0.5) is 0 Å². The van der Waals surface area contributed by atoms with Gasteiger partial charge in [0.2, 0.25) is 0 Å². The van der Waals surface area contributed by atoms with E-state index in [1.54, 1.807) is 13.0 Å². The summed E-state index contributed by atoms with van der Waals surface area (Å²) in [5, 5.41) is 9.47. The van der Waals surface area contributed by atoms with Crippen LogP contribution in [0, 0.1) is 0 Å².